The molecule has 14 heavy (non-hydrogen) atoms. The van der Waals surface area contributed by atoms with Crippen LogP contribution in [0.1, 0.15) is 11.3 Å². The molecule has 0 saturated heterocycles. The highest BCUT2D eigenvalue weighted by atomic mass is 79.9. The van der Waals surface area contributed by atoms with Gasteiger partial charge in [0.15, 0.2) is 0 Å². The zero-order valence-electron chi connectivity index (χ0n) is 8.00. The van der Waals surface area contributed by atoms with Gasteiger partial charge in [-0.1, -0.05) is 0 Å². The van der Waals surface area contributed by atoms with Crippen LogP contribution < -0.4 is 0 Å². The van der Waals surface area contributed by atoms with Crippen LogP contribution in [0.2, 0.25) is 0 Å². The van der Waals surface area contributed by atoms with Gasteiger partial charge in [-0.25, -0.2) is 0 Å². The van der Waals surface area contributed by atoms with E-state index in [-0.39, 0.29) is 0 Å². The molecule has 0 aliphatic rings. The molecule has 1 heterocycles. The monoisotopic (exact) mass is 248 g/mol. The molecule has 2 aromatic rings. The average molecular weight is 249 g/mol. The fraction of sp³-hybridized carbons (Fsp3) is 0.182. The summed E-state index contributed by atoms with van der Waals surface area (Å²) in [4.78, 5) is 0. The molecule has 70 valence electrons. The van der Waals surface area contributed by atoms with E-state index >= 15 is 0 Å². The zero-order valence-corrected chi connectivity index (χ0v) is 9.59. The van der Waals surface area contributed by atoms with Crippen molar-refractivity contribution in [2.45, 2.75) is 6.92 Å². The number of aromatic nitrogens is 1. The number of nitriles is 1. The molecule has 1 aromatic carbocycles. The van der Waals surface area contributed by atoms with Gasteiger partial charge in [-0.05, 0) is 46.6 Å². The van der Waals surface area contributed by atoms with Crippen molar-refractivity contribution in [1.82, 2.24) is 4.57 Å². The Hall–Kier alpha value is -1.27. The largest absolute Gasteiger partial charge is 0.335 e. The van der Waals surface area contributed by atoms with Crippen LogP contribution in [-0.4, -0.2) is 4.57 Å². The lowest BCUT2D eigenvalue weighted by atomic mass is 10.2. The standard InChI is InChI=1S/C11H9BrN2/c1-7-3-8-5-9(6-13)14(2)11(8)10(12)4-7/h3-5H,1-2H3. The van der Waals surface area contributed by atoms with Crippen molar-refractivity contribution in [2.24, 2.45) is 7.05 Å². The molecule has 0 aliphatic carbocycles. The first kappa shape index (κ1) is 9.29. The van der Waals surface area contributed by atoms with Crippen LogP contribution in [0.15, 0.2) is 22.7 Å². The third kappa shape index (κ3) is 1.23. The Morgan fingerprint density at radius 1 is 1.36 bits per heavy atom. The Kier molecular flexibility index (Phi) is 2.09. The normalized spacial score (nSPS) is 10.4. The predicted octanol–water partition coefficient (Wildman–Crippen LogP) is 3.12. The van der Waals surface area contributed by atoms with Gasteiger partial charge < -0.3 is 4.57 Å². The van der Waals surface area contributed by atoms with E-state index in [1.165, 1.54) is 5.56 Å². The minimum atomic E-state index is 0.686. The van der Waals surface area contributed by atoms with Gasteiger partial charge in [-0.3, -0.25) is 0 Å². The highest BCUT2D eigenvalue weighted by Crippen LogP contribution is 2.27. The number of hydrogen-bond donors (Lipinski definition) is 0. The second kappa shape index (κ2) is 3.14. The molecule has 2 rings (SSSR count). The fourth-order valence-electron chi connectivity index (χ4n) is 1.70. The van der Waals surface area contributed by atoms with Crippen molar-refractivity contribution in [1.29, 1.82) is 5.26 Å². The molecule has 0 unspecified atom stereocenters. The van der Waals surface area contributed by atoms with Gasteiger partial charge in [0.1, 0.15) is 11.8 Å². The molecule has 0 fully saturated rings. The smallest absolute Gasteiger partial charge is 0.121 e. The molecule has 2 nitrogen and oxygen atoms in total. The first-order chi connectivity index (χ1) is 6.63. The van der Waals surface area contributed by atoms with Gasteiger partial charge >= 0.3 is 0 Å². The summed E-state index contributed by atoms with van der Waals surface area (Å²) in [5, 5.41) is 10.0. The minimum absolute atomic E-state index is 0.686. The van der Waals surface area contributed by atoms with Crippen molar-refractivity contribution in [3.63, 3.8) is 0 Å². The number of halogens is 1. The van der Waals surface area contributed by atoms with Gasteiger partial charge in [0, 0.05) is 16.9 Å². The van der Waals surface area contributed by atoms with Gasteiger partial charge in [0.2, 0.25) is 0 Å². The second-order valence-electron chi connectivity index (χ2n) is 3.38. The van der Waals surface area contributed by atoms with Gasteiger partial charge in [0.05, 0.1) is 5.52 Å². The number of nitrogens with zero attached hydrogens (tertiary/aromatic N) is 2. The number of benzene rings is 1. The first-order valence-electron chi connectivity index (χ1n) is 4.29. The molecule has 0 saturated carbocycles. The van der Waals surface area contributed by atoms with Crippen LogP contribution in [0.5, 0.6) is 0 Å². The third-order valence-corrected chi connectivity index (χ3v) is 2.95. The van der Waals surface area contributed by atoms with Crippen LogP contribution in [0, 0.1) is 18.3 Å². The lowest BCUT2D eigenvalue weighted by Gasteiger charge is -2.01. The summed E-state index contributed by atoms with van der Waals surface area (Å²) >= 11 is 3.51. The Morgan fingerprint density at radius 3 is 2.71 bits per heavy atom. The zero-order chi connectivity index (χ0) is 10.3. The van der Waals surface area contributed by atoms with E-state index in [4.69, 9.17) is 5.26 Å². The summed E-state index contributed by atoms with van der Waals surface area (Å²) in [6.45, 7) is 2.04. The molecular formula is C11H9BrN2. The molecule has 0 spiro atoms. The number of aryl methyl sites for hydroxylation is 2. The lowest BCUT2D eigenvalue weighted by Crippen LogP contribution is -1.91. The highest BCUT2D eigenvalue weighted by Gasteiger charge is 2.08. The predicted molar refractivity (Wildman–Crippen MR) is 60.1 cm³/mol. The van der Waals surface area contributed by atoms with Gasteiger partial charge in [0.25, 0.3) is 0 Å². The van der Waals surface area contributed by atoms with E-state index in [0.29, 0.717) is 5.69 Å². The topological polar surface area (TPSA) is 28.7 Å². The van der Waals surface area contributed by atoms with Crippen molar-refractivity contribution in [2.75, 3.05) is 0 Å². The molecule has 3 heteroatoms. The van der Waals surface area contributed by atoms with Crippen molar-refractivity contribution in [3.05, 3.63) is 33.9 Å². The van der Waals surface area contributed by atoms with E-state index in [0.717, 1.165) is 15.4 Å². The maximum absolute atomic E-state index is 8.89. The van der Waals surface area contributed by atoms with Crippen molar-refractivity contribution < 1.29 is 0 Å². The van der Waals surface area contributed by atoms with E-state index in [1.54, 1.807) is 0 Å². The summed E-state index contributed by atoms with van der Waals surface area (Å²) in [5.74, 6) is 0. The SMILES string of the molecule is Cc1cc(Br)c2c(c1)cc(C#N)n2C. The summed E-state index contributed by atoms with van der Waals surface area (Å²) in [6, 6.07) is 8.23. The Balaban J connectivity index is 2.94. The molecule has 0 radical (unpaired) electrons. The van der Waals surface area contributed by atoms with E-state index in [2.05, 4.69) is 34.1 Å². The summed E-state index contributed by atoms with van der Waals surface area (Å²) in [6.07, 6.45) is 0. The van der Waals surface area contributed by atoms with Gasteiger partial charge in [-0.15, -0.1) is 0 Å². The molecular weight excluding hydrogens is 240 g/mol. The summed E-state index contributed by atoms with van der Waals surface area (Å²) in [5.41, 5.74) is 2.96. The maximum Gasteiger partial charge on any atom is 0.121 e. The van der Waals surface area contributed by atoms with Crippen LogP contribution in [-0.2, 0) is 7.05 Å². The Bertz CT molecular complexity index is 546. The third-order valence-electron chi connectivity index (χ3n) is 2.34. The van der Waals surface area contributed by atoms with Crippen LogP contribution in [0.3, 0.4) is 0 Å². The first-order valence-corrected chi connectivity index (χ1v) is 5.08. The average Bonchev–Trinajstić information content (AvgIpc) is 2.42. The van der Waals surface area contributed by atoms with Crippen molar-refractivity contribution >= 4 is 26.8 Å². The quantitative estimate of drug-likeness (QED) is 0.705. The maximum atomic E-state index is 8.89. The number of hydrogen-bond acceptors (Lipinski definition) is 1. The molecule has 1 aromatic heterocycles. The number of rotatable bonds is 0. The molecule has 0 atom stereocenters. The molecule has 0 bridgehead atoms. The number of fused-ring (bicyclic) bond motifs is 1. The van der Waals surface area contributed by atoms with Crippen LogP contribution in [0.4, 0.5) is 0 Å². The Labute approximate surface area is 90.9 Å². The molecule has 0 aliphatic heterocycles. The van der Waals surface area contributed by atoms with E-state index in [1.807, 2.05) is 24.6 Å². The van der Waals surface area contributed by atoms with Crippen LogP contribution in [0.25, 0.3) is 10.9 Å². The van der Waals surface area contributed by atoms with Gasteiger partial charge in [-0.2, -0.15) is 5.26 Å². The lowest BCUT2D eigenvalue weighted by molar-refractivity contribution is 0.944. The molecule has 0 amide bonds. The summed E-state index contributed by atoms with van der Waals surface area (Å²) < 4.78 is 2.94. The fourth-order valence-corrected chi connectivity index (χ4v) is 2.55. The van der Waals surface area contributed by atoms with E-state index in [9.17, 15) is 0 Å². The second-order valence-corrected chi connectivity index (χ2v) is 4.24. The Morgan fingerprint density at radius 2 is 2.07 bits per heavy atom. The minimum Gasteiger partial charge on any atom is -0.335 e. The molecule has 0 N–H and O–H groups in total. The van der Waals surface area contributed by atoms with Crippen LogP contribution >= 0.6 is 15.9 Å². The summed E-state index contributed by atoms with van der Waals surface area (Å²) in [7, 11) is 1.90. The highest BCUT2D eigenvalue weighted by molar-refractivity contribution is 9.10. The van der Waals surface area contributed by atoms with E-state index < -0.39 is 0 Å². The van der Waals surface area contributed by atoms with Crippen molar-refractivity contribution in [3.8, 4) is 6.07 Å².